The zero-order valence-corrected chi connectivity index (χ0v) is 16.9. The van der Waals surface area contributed by atoms with Crippen LogP contribution in [0.3, 0.4) is 0 Å². The van der Waals surface area contributed by atoms with Gasteiger partial charge in [-0.15, -0.1) is 0 Å². The van der Waals surface area contributed by atoms with Gasteiger partial charge in [0.05, 0.1) is 25.9 Å². The van der Waals surface area contributed by atoms with Gasteiger partial charge in [0.2, 0.25) is 0 Å². The lowest BCUT2D eigenvalue weighted by Gasteiger charge is -2.43. The molecule has 0 amide bonds. The van der Waals surface area contributed by atoms with Gasteiger partial charge in [0, 0.05) is 11.5 Å². The van der Waals surface area contributed by atoms with Crippen LogP contribution in [-0.4, -0.2) is 49.0 Å². The quantitative estimate of drug-likeness (QED) is 0.277. The van der Waals surface area contributed by atoms with Crippen LogP contribution in [0.4, 0.5) is 0 Å². The van der Waals surface area contributed by atoms with Gasteiger partial charge in [-0.2, -0.15) is 0 Å². The maximum Gasteiger partial charge on any atom is 0.186 e. The van der Waals surface area contributed by atoms with Gasteiger partial charge in [-0.3, -0.25) is 0 Å². The summed E-state index contributed by atoms with van der Waals surface area (Å²) < 4.78 is 23.6. The molecule has 2 aromatic carbocycles. The normalized spacial score (nSPS) is 26.1. The summed E-state index contributed by atoms with van der Waals surface area (Å²) >= 11 is 0. The van der Waals surface area contributed by atoms with Crippen molar-refractivity contribution in [3.05, 3.63) is 82.2 Å². The fraction of sp³-hybridized carbons (Fsp3) is 0.455. The van der Waals surface area contributed by atoms with Crippen molar-refractivity contribution >= 4 is 0 Å². The van der Waals surface area contributed by atoms with E-state index in [1.54, 1.807) is 0 Å². The number of nitrogens with zero attached hydrogens (tertiary/aromatic N) is 3. The SMILES string of the molecule is C[C@@H]1O[C@H](OCCN=[N+]=[N-])[C@H](O)[C@H](OCc2ccccc2)[C@H]1OCc1ccccc1. The van der Waals surface area contributed by atoms with Crippen molar-refractivity contribution in [2.75, 3.05) is 13.2 Å². The molecule has 0 aromatic heterocycles. The molecule has 30 heavy (non-hydrogen) atoms. The van der Waals surface area contributed by atoms with Gasteiger partial charge in [-0.1, -0.05) is 65.8 Å². The molecule has 0 radical (unpaired) electrons. The highest BCUT2D eigenvalue weighted by Crippen LogP contribution is 2.28. The molecule has 1 N–H and O–H groups in total. The monoisotopic (exact) mass is 413 g/mol. The van der Waals surface area contributed by atoms with Gasteiger partial charge in [0.1, 0.15) is 18.3 Å². The lowest BCUT2D eigenvalue weighted by molar-refractivity contribution is -0.309. The Kier molecular flexibility index (Phi) is 8.65. The van der Waals surface area contributed by atoms with E-state index in [1.165, 1.54) is 0 Å². The van der Waals surface area contributed by atoms with Crippen LogP contribution in [0, 0.1) is 0 Å². The topological polar surface area (TPSA) is 106 Å². The molecule has 1 aliphatic rings. The average Bonchev–Trinajstić information content (AvgIpc) is 2.78. The third-order valence-corrected chi connectivity index (χ3v) is 4.86. The third kappa shape index (κ3) is 6.27. The Balaban J connectivity index is 1.68. The molecule has 3 rings (SSSR count). The molecular weight excluding hydrogens is 386 g/mol. The van der Waals surface area contributed by atoms with Crippen LogP contribution < -0.4 is 0 Å². The highest BCUT2D eigenvalue weighted by atomic mass is 16.7. The van der Waals surface area contributed by atoms with Gasteiger partial charge < -0.3 is 24.1 Å². The molecule has 2 aromatic rings. The Morgan fingerprint density at radius 1 is 0.933 bits per heavy atom. The highest BCUT2D eigenvalue weighted by Gasteiger charge is 2.45. The minimum absolute atomic E-state index is 0.138. The number of aliphatic hydroxyl groups is 1. The maximum absolute atomic E-state index is 10.9. The van der Waals surface area contributed by atoms with Crippen LogP contribution >= 0.6 is 0 Å². The lowest BCUT2D eigenvalue weighted by atomic mass is 9.99. The third-order valence-electron chi connectivity index (χ3n) is 4.86. The maximum atomic E-state index is 10.9. The standard InChI is InChI=1S/C22H27N3O5/c1-16-20(28-14-17-8-4-2-5-9-17)21(29-15-18-10-6-3-7-11-18)19(26)22(30-16)27-13-12-24-25-23/h2-11,16,19-22,26H,12-15H2,1H3/t16-,19+,20-,21-,22-/m0/s1. The number of azide groups is 1. The van der Waals surface area contributed by atoms with Gasteiger partial charge in [0.15, 0.2) is 6.29 Å². The van der Waals surface area contributed by atoms with E-state index < -0.39 is 24.6 Å². The zero-order chi connectivity index (χ0) is 21.2. The zero-order valence-electron chi connectivity index (χ0n) is 16.9. The van der Waals surface area contributed by atoms with Crippen LogP contribution in [0.5, 0.6) is 0 Å². The molecule has 160 valence electrons. The van der Waals surface area contributed by atoms with Crippen molar-refractivity contribution < 1.29 is 24.1 Å². The second kappa shape index (κ2) is 11.7. The first-order valence-electron chi connectivity index (χ1n) is 9.96. The Morgan fingerprint density at radius 2 is 1.50 bits per heavy atom. The van der Waals surface area contributed by atoms with E-state index in [0.29, 0.717) is 13.2 Å². The molecule has 1 saturated heterocycles. The molecule has 0 aliphatic carbocycles. The highest BCUT2D eigenvalue weighted by molar-refractivity contribution is 5.14. The molecule has 1 aliphatic heterocycles. The minimum atomic E-state index is -1.06. The number of rotatable bonds is 10. The number of hydrogen-bond donors (Lipinski definition) is 1. The van der Waals surface area contributed by atoms with E-state index in [2.05, 4.69) is 10.0 Å². The fourth-order valence-electron chi connectivity index (χ4n) is 3.34. The van der Waals surface area contributed by atoms with Crippen LogP contribution in [0.25, 0.3) is 10.4 Å². The predicted molar refractivity (Wildman–Crippen MR) is 110 cm³/mol. The van der Waals surface area contributed by atoms with Gasteiger partial charge in [-0.05, 0) is 23.6 Å². The first-order valence-corrected chi connectivity index (χ1v) is 9.96. The predicted octanol–water partition coefficient (Wildman–Crippen LogP) is 3.59. The van der Waals surface area contributed by atoms with Gasteiger partial charge in [0.25, 0.3) is 0 Å². The van der Waals surface area contributed by atoms with E-state index in [-0.39, 0.29) is 19.3 Å². The van der Waals surface area contributed by atoms with Crippen LogP contribution in [0.1, 0.15) is 18.1 Å². The summed E-state index contributed by atoms with van der Waals surface area (Å²) in [7, 11) is 0. The summed E-state index contributed by atoms with van der Waals surface area (Å²) in [6, 6.07) is 19.5. The second-order valence-electron chi connectivity index (χ2n) is 7.05. The number of aliphatic hydroxyl groups excluding tert-OH is 1. The first-order chi connectivity index (χ1) is 14.7. The minimum Gasteiger partial charge on any atom is -0.385 e. The second-order valence-corrected chi connectivity index (χ2v) is 7.05. The molecule has 1 heterocycles. The Morgan fingerprint density at radius 3 is 2.07 bits per heavy atom. The summed E-state index contributed by atoms with van der Waals surface area (Å²) in [5, 5.41) is 14.3. The van der Waals surface area contributed by atoms with Crippen molar-refractivity contribution in [2.24, 2.45) is 5.11 Å². The van der Waals surface area contributed by atoms with E-state index in [0.717, 1.165) is 11.1 Å². The Labute approximate surface area is 176 Å². The molecular formula is C22H27N3O5. The van der Waals surface area contributed by atoms with Crippen LogP contribution in [-0.2, 0) is 32.2 Å². The first kappa shape index (κ1) is 22.2. The largest absolute Gasteiger partial charge is 0.385 e. The fourth-order valence-corrected chi connectivity index (χ4v) is 3.34. The Hall–Kier alpha value is -2.45. The van der Waals surface area contributed by atoms with E-state index in [9.17, 15) is 5.11 Å². The van der Waals surface area contributed by atoms with Crippen molar-refractivity contribution in [2.45, 2.75) is 50.8 Å². The molecule has 0 spiro atoms. The smallest absolute Gasteiger partial charge is 0.186 e. The molecule has 1 fully saturated rings. The van der Waals surface area contributed by atoms with Crippen molar-refractivity contribution in [3.8, 4) is 0 Å². The molecule has 8 nitrogen and oxygen atoms in total. The van der Waals surface area contributed by atoms with Crippen molar-refractivity contribution in [1.82, 2.24) is 0 Å². The summed E-state index contributed by atoms with van der Waals surface area (Å²) in [4.78, 5) is 2.69. The molecule has 5 atom stereocenters. The molecule has 0 bridgehead atoms. The van der Waals surface area contributed by atoms with Gasteiger partial charge >= 0.3 is 0 Å². The number of benzene rings is 2. The number of hydrogen-bond acceptors (Lipinski definition) is 6. The van der Waals surface area contributed by atoms with Crippen molar-refractivity contribution in [1.29, 1.82) is 0 Å². The molecule has 0 saturated carbocycles. The van der Waals surface area contributed by atoms with E-state index >= 15 is 0 Å². The van der Waals surface area contributed by atoms with E-state index in [4.69, 9.17) is 24.5 Å². The summed E-state index contributed by atoms with van der Waals surface area (Å²) in [5.74, 6) is 0. The lowest BCUT2D eigenvalue weighted by Crippen LogP contribution is -2.59. The molecule has 8 heteroatoms. The van der Waals surface area contributed by atoms with Crippen molar-refractivity contribution in [3.63, 3.8) is 0 Å². The summed E-state index contributed by atoms with van der Waals surface area (Å²) in [6.07, 6.45) is -3.46. The van der Waals surface area contributed by atoms with Crippen LogP contribution in [0.15, 0.2) is 65.8 Å². The van der Waals surface area contributed by atoms with Gasteiger partial charge in [-0.25, -0.2) is 0 Å². The van der Waals surface area contributed by atoms with Crippen LogP contribution in [0.2, 0.25) is 0 Å². The summed E-state index contributed by atoms with van der Waals surface area (Å²) in [5.41, 5.74) is 10.4. The summed E-state index contributed by atoms with van der Waals surface area (Å²) in [6.45, 7) is 2.86. The molecule has 0 unspecified atom stereocenters. The Bertz CT molecular complexity index is 801. The number of ether oxygens (including phenoxy) is 4. The average molecular weight is 413 g/mol. The van der Waals surface area contributed by atoms with E-state index in [1.807, 2.05) is 67.6 Å².